The summed E-state index contributed by atoms with van der Waals surface area (Å²) in [5.74, 6) is 0.846. The molecule has 0 aliphatic heterocycles. The van der Waals surface area contributed by atoms with Crippen molar-refractivity contribution >= 4 is 14.5 Å². The first-order valence-corrected chi connectivity index (χ1v) is 5.30. The van der Waals surface area contributed by atoms with Crippen molar-refractivity contribution in [2.75, 3.05) is 0 Å². The van der Waals surface area contributed by atoms with Gasteiger partial charge in [-0.15, -0.1) is 9.24 Å². The van der Waals surface area contributed by atoms with Crippen LogP contribution in [-0.2, 0) is 0 Å². The third-order valence-electron chi connectivity index (χ3n) is 2.79. The van der Waals surface area contributed by atoms with Gasteiger partial charge in [0, 0.05) is 0 Å². The highest BCUT2D eigenvalue weighted by Crippen LogP contribution is 2.33. The molecule has 12 heavy (non-hydrogen) atoms. The minimum absolute atomic E-state index is 0.846. The Hall–Kier alpha value is -0.350. The summed E-state index contributed by atoms with van der Waals surface area (Å²) in [4.78, 5) is 0. The molecule has 1 aliphatic rings. The summed E-state index contributed by atoms with van der Waals surface area (Å²) in [7, 11) is 2.84. The quantitative estimate of drug-likeness (QED) is 0.580. The Bertz CT molecular complexity index is 261. The van der Waals surface area contributed by atoms with E-state index in [0.29, 0.717) is 0 Å². The predicted molar refractivity (Wildman–Crippen MR) is 57.0 cm³/mol. The lowest BCUT2D eigenvalue weighted by Gasteiger charge is -2.11. The highest BCUT2D eigenvalue weighted by Gasteiger charge is 2.17. The summed E-state index contributed by atoms with van der Waals surface area (Å²) in [5, 5.41) is 1.39. The average molecular weight is 178 g/mol. The van der Waals surface area contributed by atoms with Gasteiger partial charge in [0.1, 0.15) is 0 Å². The van der Waals surface area contributed by atoms with Crippen molar-refractivity contribution in [3.63, 3.8) is 0 Å². The molecule has 1 fully saturated rings. The second kappa shape index (κ2) is 3.58. The van der Waals surface area contributed by atoms with Crippen LogP contribution in [0.1, 0.15) is 37.2 Å². The average Bonchev–Trinajstić information content (AvgIpc) is 2.57. The van der Waals surface area contributed by atoms with Gasteiger partial charge in [0.25, 0.3) is 0 Å². The molecule has 1 unspecified atom stereocenters. The van der Waals surface area contributed by atoms with Gasteiger partial charge in [-0.1, -0.05) is 37.1 Å². The fourth-order valence-corrected chi connectivity index (χ4v) is 2.56. The summed E-state index contributed by atoms with van der Waals surface area (Å²) in [6.45, 7) is 0. The molecule has 0 nitrogen and oxygen atoms in total. The van der Waals surface area contributed by atoms with E-state index in [9.17, 15) is 0 Å². The largest absolute Gasteiger partial charge is 0.105 e. The third kappa shape index (κ3) is 1.54. The zero-order valence-corrected chi connectivity index (χ0v) is 8.45. The van der Waals surface area contributed by atoms with Gasteiger partial charge in [-0.05, 0) is 29.6 Å². The van der Waals surface area contributed by atoms with E-state index in [-0.39, 0.29) is 0 Å². The Kier molecular flexibility index (Phi) is 2.46. The molecule has 0 radical (unpaired) electrons. The number of hydrogen-bond donors (Lipinski definition) is 0. The van der Waals surface area contributed by atoms with Crippen LogP contribution in [-0.4, -0.2) is 0 Å². The molecule has 0 N–H and O–H groups in total. The zero-order chi connectivity index (χ0) is 8.39. The number of hydrogen-bond acceptors (Lipinski definition) is 0. The van der Waals surface area contributed by atoms with Crippen LogP contribution in [0, 0.1) is 0 Å². The van der Waals surface area contributed by atoms with Crippen LogP contribution in [0.5, 0.6) is 0 Å². The second-order valence-electron chi connectivity index (χ2n) is 3.61. The van der Waals surface area contributed by atoms with Crippen molar-refractivity contribution in [3.8, 4) is 0 Å². The lowest BCUT2D eigenvalue weighted by atomic mass is 9.98. The molecule has 0 amide bonds. The van der Waals surface area contributed by atoms with Crippen molar-refractivity contribution in [1.29, 1.82) is 0 Å². The minimum atomic E-state index is 0.846. The fourth-order valence-electron chi connectivity index (χ4n) is 2.12. The summed E-state index contributed by atoms with van der Waals surface area (Å²) in [6, 6.07) is 8.73. The van der Waals surface area contributed by atoms with Crippen LogP contribution in [0.4, 0.5) is 0 Å². The van der Waals surface area contributed by atoms with Gasteiger partial charge in [-0.2, -0.15) is 0 Å². The van der Waals surface area contributed by atoms with Crippen molar-refractivity contribution in [3.05, 3.63) is 29.8 Å². The minimum Gasteiger partial charge on any atom is -0.105 e. The fraction of sp³-hybridized carbons (Fsp3) is 0.455. The SMILES string of the molecule is Pc1ccccc1C1CCCC1. The number of benzene rings is 1. The van der Waals surface area contributed by atoms with E-state index < -0.39 is 0 Å². The molecule has 1 aromatic carbocycles. The van der Waals surface area contributed by atoms with Crippen LogP contribution in [0.15, 0.2) is 24.3 Å². The first-order chi connectivity index (χ1) is 5.88. The Morgan fingerprint density at radius 1 is 1.08 bits per heavy atom. The van der Waals surface area contributed by atoms with E-state index in [1.54, 1.807) is 5.56 Å². The van der Waals surface area contributed by atoms with Gasteiger partial charge in [0.15, 0.2) is 0 Å². The monoisotopic (exact) mass is 178 g/mol. The molecular formula is C11H15P. The molecule has 1 atom stereocenters. The molecule has 1 saturated carbocycles. The molecule has 0 saturated heterocycles. The van der Waals surface area contributed by atoms with Crippen LogP contribution < -0.4 is 5.30 Å². The third-order valence-corrected chi connectivity index (χ3v) is 3.32. The predicted octanol–water partition coefficient (Wildman–Crippen LogP) is 2.84. The first kappa shape index (κ1) is 8.26. The summed E-state index contributed by atoms with van der Waals surface area (Å²) in [5.41, 5.74) is 1.56. The maximum atomic E-state index is 2.84. The van der Waals surface area contributed by atoms with E-state index in [0.717, 1.165) is 5.92 Å². The Morgan fingerprint density at radius 3 is 2.42 bits per heavy atom. The second-order valence-corrected chi connectivity index (χ2v) is 4.23. The zero-order valence-electron chi connectivity index (χ0n) is 7.29. The number of rotatable bonds is 1. The van der Waals surface area contributed by atoms with E-state index in [1.807, 2.05) is 0 Å². The van der Waals surface area contributed by atoms with Gasteiger partial charge >= 0.3 is 0 Å². The molecule has 0 heterocycles. The molecule has 0 spiro atoms. The molecule has 1 aromatic rings. The molecule has 2 rings (SSSR count). The Labute approximate surface area is 76.6 Å². The summed E-state index contributed by atoms with van der Waals surface area (Å²) in [6.07, 6.45) is 5.63. The van der Waals surface area contributed by atoms with E-state index in [2.05, 4.69) is 33.5 Å². The van der Waals surface area contributed by atoms with Crippen LogP contribution >= 0.6 is 9.24 Å². The van der Waals surface area contributed by atoms with Crippen molar-refractivity contribution in [1.82, 2.24) is 0 Å². The Morgan fingerprint density at radius 2 is 1.75 bits per heavy atom. The maximum Gasteiger partial charge on any atom is -0.0156 e. The topological polar surface area (TPSA) is 0 Å². The first-order valence-electron chi connectivity index (χ1n) is 4.72. The molecule has 0 aromatic heterocycles. The Balaban J connectivity index is 2.26. The van der Waals surface area contributed by atoms with Crippen molar-refractivity contribution in [2.45, 2.75) is 31.6 Å². The van der Waals surface area contributed by atoms with E-state index in [4.69, 9.17) is 0 Å². The maximum absolute atomic E-state index is 2.84. The van der Waals surface area contributed by atoms with E-state index >= 15 is 0 Å². The van der Waals surface area contributed by atoms with Gasteiger partial charge in [-0.25, -0.2) is 0 Å². The smallest absolute Gasteiger partial charge is 0.0156 e. The van der Waals surface area contributed by atoms with Gasteiger partial charge in [-0.3, -0.25) is 0 Å². The standard InChI is InChI=1S/C11H15P/c12-11-8-4-3-7-10(11)9-5-1-2-6-9/h3-4,7-9H,1-2,5-6,12H2. The summed E-state index contributed by atoms with van der Waals surface area (Å²) < 4.78 is 0. The van der Waals surface area contributed by atoms with Crippen LogP contribution in [0.3, 0.4) is 0 Å². The van der Waals surface area contributed by atoms with Crippen LogP contribution in [0.25, 0.3) is 0 Å². The highest BCUT2D eigenvalue weighted by atomic mass is 31.0. The van der Waals surface area contributed by atoms with Crippen molar-refractivity contribution in [2.24, 2.45) is 0 Å². The lowest BCUT2D eigenvalue weighted by Crippen LogP contribution is -2.04. The molecule has 0 bridgehead atoms. The highest BCUT2D eigenvalue weighted by molar-refractivity contribution is 7.27. The summed E-state index contributed by atoms with van der Waals surface area (Å²) >= 11 is 0. The molecular weight excluding hydrogens is 163 g/mol. The molecule has 1 heteroatoms. The van der Waals surface area contributed by atoms with Gasteiger partial charge < -0.3 is 0 Å². The van der Waals surface area contributed by atoms with Gasteiger partial charge in [0.2, 0.25) is 0 Å². The normalized spacial score (nSPS) is 18.4. The van der Waals surface area contributed by atoms with E-state index in [1.165, 1.54) is 31.0 Å². The lowest BCUT2D eigenvalue weighted by molar-refractivity contribution is 0.728. The van der Waals surface area contributed by atoms with Crippen LogP contribution in [0.2, 0.25) is 0 Å². The molecule has 1 aliphatic carbocycles. The van der Waals surface area contributed by atoms with Gasteiger partial charge in [0.05, 0.1) is 0 Å². The van der Waals surface area contributed by atoms with Crippen molar-refractivity contribution < 1.29 is 0 Å². The molecule has 64 valence electrons.